The standard InChI is InChI=1S/C18H16BrNO3S2/c1-23-11-4-6-14(19)13(9-11)18(22)20-10-12-5-7-16(25-12)17(21)15-3-2-8-24-15/h2-9,17,21H,10H2,1H3,(H,20,22). The van der Waals surface area contributed by atoms with Crippen LogP contribution in [0.5, 0.6) is 5.75 Å². The van der Waals surface area contributed by atoms with Gasteiger partial charge in [-0.25, -0.2) is 0 Å². The topological polar surface area (TPSA) is 58.6 Å². The van der Waals surface area contributed by atoms with Gasteiger partial charge in [-0.15, -0.1) is 22.7 Å². The van der Waals surface area contributed by atoms with Gasteiger partial charge in [0.25, 0.3) is 5.91 Å². The van der Waals surface area contributed by atoms with Crippen LogP contribution in [0, 0.1) is 0 Å². The van der Waals surface area contributed by atoms with E-state index in [-0.39, 0.29) is 5.91 Å². The van der Waals surface area contributed by atoms with Gasteiger partial charge >= 0.3 is 0 Å². The third-order valence-corrected chi connectivity index (χ3v) is 6.36. The molecule has 1 unspecified atom stereocenters. The van der Waals surface area contributed by atoms with E-state index in [4.69, 9.17) is 4.74 Å². The minimum Gasteiger partial charge on any atom is -0.497 e. The zero-order chi connectivity index (χ0) is 17.8. The fourth-order valence-electron chi connectivity index (χ4n) is 2.29. The summed E-state index contributed by atoms with van der Waals surface area (Å²) >= 11 is 6.41. The van der Waals surface area contributed by atoms with Gasteiger partial charge in [0.15, 0.2) is 0 Å². The highest BCUT2D eigenvalue weighted by Gasteiger charge is 2.15. The van der Waals surface area contributed by atoms with E-state index in [9.17, 15) is 9.90 Å². The van der Waals surface area contributed by atoms with E-state index in [1.165, 1.54) is 22.7 Å². The Kier molecular flexibility index (Phi) is 5.90. The fraction of sp³-hybridized carbons (Fsp3) is 0.167. The Balaban J connectivity index is 1.65. The van der Waals surface area contributed by atoms with Crippen molar-refractivity contribution >= 4 is 44.5 Å². The van der Waals surface area contributed by atoms with Gasteiger partial charge in [-0.1, -0.05) is 6.07 Å². The van der Waals surface area contributed by atoms with Crippen LogP contribution in [0.2, 0.25) is 0 Å². The quantitative estimate of drug-likeness (QED) is 0.592. The number of aliphatic hydroxyl groups is 1. The molecule has 2 N–H and O–H groups in total. The first kappa shape index (κ1) is 18.1. The number of hydrogen-bond acceptors (Lipinski definition) is 5. The van der Waals surface area contributed by atoms with Gasteiger partial charge in [-0.2, -0.15) is 0 Å². The lowest BCUT2D eigenvalue weighted by molar-refractivity contribution is 0.0950. The number of benzene rings is 1. The molecule has 130 valence electrons. The van der Waals surface area contributed by atoms with Crippen LogP contribution in [-0.2, 0) is 6.54 Å². The predicted molar refractivity (Wildman–Crippen MR) is 105 cm³/mol. The third-order valence-electron chi connectivity index (χ3n) is 3.61. The number of nitrogens with one attached hydrogen (secondary N) is 1. The highest BCUT2D eigenvalue weighted by atomic mass is 79.9. The predicted octanol–water partition coefficient (Wildman–Crippen LogP) is 4.59. The van der Waals surface area contributed by atoms with E-state index in [0.29, 0.717) is 22.3 Å². The van der Waals surface area contributed by atoms with Crippen LogP contribution in [0.15, 0.2) is 52.3 Å². The summed E-state index contributed by atoms with van der Waals surface area (Å²) < 4.78 is 5.88. The number of hydrogen-bond donors (Lipinski definition) is 2. The normalized spacial score (nSPS) is 12.0. The van der Waals surface area contributed by atoms with Crippen molar-refractivity contribution in [3.63, 3.8) is 0 Å². The number of ether oxygens (including phenoxy) is 1. The van der Waals surface area contributed by atoms with Crippen LogP contribution < -0.4 is 10.1 Å². The smallest absolute Gasteiger partial charge is 0.252 e. The van der Waals surface area contributed by atoms with Crippen molar-refractivity contribution in [2.24, 2.45) is 0 Å². The molecule has 2 heterocycles. The molecule has 0 aliphatic carbocycles. The minimum atomic E-state index is -0.609. The maximum absolute atomic E-state index is 12.4. The lowest BCUT2D eigenvalue weighted by atomic mass is 10.2. The van der Waals surface area contributed by atoms with E-state index in [1.807, 2.05) is 29.6 Å². The Morgan fingerprint density at radius 2 is 2.12 bits per heavy atom. The first-order chi connectivity index (χ1) is 12.1. The maximum Gasteiger partial charge on any atom is 0.252 e. The van der Waals surface area contributed by atoms with E-state index < -0.39 is 6.10 Å². The van der Waals surface area contributed by atoms with Gasteiger partial charge < -0.3 is 15.2 Å². The molecule has 3 aromatic rings. The van der Waals surface area contributed by atoms with Crippen LogP contribution in [0.4, 0.5) is 0 Å². The molecule has 0 saturated carbocycles. The number of thiophene rings is 2. The second-order valence-electron chi connectivity index (χ2n) is 5.25. The van der Waals surface area contributed by atoms with Crippen molar-refractivity contribution in [2.75, 3.05) is 7.11 Å². The van der Waals surface area contributed by atoms with Crippen molar-refractivity contribution in [3.05, 3.63) is 72.5 Å². The van der Waals surface area contributed by atoms with Gasteiger partial charge in [0.05, 0.1) is 19.2 Å². The number of methoxy groups -OCH3 is 1. The number of carbonyl (C=O) groups excluding carboxylic acids is 1. The van der Waals surface area contributed by atoms with Crippen molar-refractivity contribution < 1.29 is 14.6 Å². The van der Waals surface area contributed by atoms with Crippen LogP contribution in [0.3, 0.4) is 0 Å². The van der Waals surface area contributed by atoms with Crippen LogP contribution in [0.1, 0.15) is 31.1 Å². The molecule has 25 heavy (non-hydrogen) atoms. The van der Waals surface area contributed by atoms with E-state index >= 15 is 0 Å². The Labute approximate surface area is 162 Å². The molecule has 0 saturated heterocycles. The lowest BCUT2D eigenvalue weighted by Gasteiger charge is -2.08. The van der Waals surface area contributed by atoms with Gasteiger partial charge in [0.1, 0.15) is 11.9 Å². The molecular weight excluding hydrogens is 422 g/mol. The van der Waals surface area contributed by atoms with Gasteiger partial charge in [-0.3, -0.25) is 4.79 Å². The molecule has 0 bridgehead atoms. The molecule has 0 radical (unpaired) electrons. The van der Waals surface area contributed by atoms with Crippen LogP contribution >= 0.6 is 38.6 Å². The van der Waals surface area contributed by atoms with Crippen LogP contribution in [-0.4, -0.2) is 18.1 Å². The van der Waals surface area contributed by atoms with Crippen LogP contribution in [0.25, 0.3) is 0 Å². The summed E-state index contributed by atoms with van der Waals surface area (Å²) in [6, 6.07) is 12.9. The Morgan fingerprint density at radius 3 is 2.84 bits per heavy atom. The zero-order valence-electron chi connectivity index (χ0n) is 13.4. The molecule has 1 atom stereocenters. The molecule has 7 heteroatoms. The average molecular weight is 438 g/mol. The van der Waals surface area contributed by atoms with E-state index in [1.54, 1.807) is 25.3 Å². The molecule has 2 aromatic heterocycles. The summed E-state index contributed by atoms with van der Waals surface area (Å²) in [6.07, 6.45) is -0.609. The average Bonchev–Trinajstić information content (AvgIpc) is 3.31. The van der Waals surface area contributed by atoms with Crippen molar-refractivity contribution in [2.45, 2.75) is 12.6 Å². The largest absolute Gasteiger partial charge is 0.497 e. The third kappa shape index (κ3) is 4.30. The first-order valence-corrected chi connectivity index (χ1v) is 9.99. The molecule has 4 nitrogen and oxygen atoms in total. The molecule has 0 aliphatic rings. The van der Waals surface area contributed by atoms with Gasteiger partial charge in [-0.05, 0) is 57.7 Å². The number of amides is 1. The molecule has 0 aliphatic heterocycles. The highest BCUT2D eigenvalue weighted by molar-refractivity contribution is 9.10. The Bertz CT molecular complexity index is 861. The second-order valence-corrected chi connectivity index (χ2v) is 8.28. The SMILES string of the molecule is COc1ccc(Br)c(C(=O)NCc2ccc(C(O)c3cccs3)s2)c1. The van der Waals surface area contributed by atoms with Gasteiger partial charge in [0, 0.05) is 19.1 Å². The van der Waals surface area contributed by atoms with E-state index in [2.05, 4.69) is 21.2 Å². The molecule has 0 fully saturated rings. The molecule has 1 aromatic carbocycles. The number of halogens is 1. The van der Waals surface area contributed by atoms with Crippen molar-refractivity contribution in [3.8, 4) is 5.75 Å². The molecular formula is C18H16BrNO3S2. The van der Waals surface area contributed by atoms with E-state index in [0.717, 1.165) is 14.6 Å². The lowest BCUT2D eigenvalue weighted by Crippen LogP contribution is -2.22. The van der Waals surface area contributed by atoms with Crippen molar-refractivity contribution in [1.82, 2.24) is 5.32 Å². The first-order valence-electron chi connectivity index (χ1n) is 7.50. The number of carbonyl (C=O) groups is 1. The second kappa shape index (κ2) is 8.14. The number of aliphatic hydroxyl groups excluding tert-OH is 1. The molecule has 0 spiro atoms. The maximum atomic E-state index is 12.4. The van der Waals surface area contributed by atoms with Gasteiger partial charge in [0.2, 0.25) is 0 Å². The minimum absolute atomic E-state index is 0.181. The summed E-state index contributed by atoms with van der Waals surface area (Å²) in [6.45, 7) is 0.407. The fourth-order valence-corrected chi connectivity index (χ4v) is 4.48. The zero-order valence-corrected chi connectivity index (χ0v) is 16.6. The summed E-state index contributed by atoms with van der Waals surface area (Å²) in [5.41, 5.74) is 0.523. The number of rotatable bonds is 6. The molecule has 1 amide bonds. The molecule has 3 rings (SSSR count). The van der Waals surface area contributed by atoms with Crippen molar-refractivity contribution in [1.29, 1.82) is 0 Å². The monoisotopic (exact) mass is 437 g/mol. The summed E-state index contributed by atoms with van der Waals surface area (Å²) in [4.78, 5) is 15.2. The highest BCUT2D eigenvalue weighted by Crippen LogP contribution is 2.31. The summed E-state index contributed by atoms with van der Waals surface area (Å²) in [5, 5.41) is 15.2. The summed E-state index contributed by atoms with van der Waals surface area (Å²) in [5.74, 6) is 0.449. The Morgan fingerprint density at radius 1 is 1.28 bits per heavy atom. The summed E-state index contributed by atoms with van der Waals surface area (Å²) in [7, 11) is 1.57. The Hall–Kier alpha value is -1.67.